The van der Waals surface area contributed by atoms with E-state index in [-0.39, 0.29) is 17.0 Å². The molecule has 0 amide bonds. The first-order chi connectivity index (χ1) is 11.6. The molecule has 0 aliphatic carbocycles. The average Bonchev–Trinajstić information content (AvgIpc) is 2.85. The van der Waals surface area contributed by atoms with E-state index in [0.717, 1.165) is 0 Å². The van der Waals surface area contributed by atoms with Gasteiger partial charge in [0.2, 0.25) is 5.70 Å². The van der Waals surface area contributed by atoms with Crippen LogP contribution in [0.3, 0.4) is 0 Å². The maximum absolute atomic E-state index is 9.24. The van der Waals surface area contributed by atoms with E-state index in [1.807, 2.05) is 32.9 Å². The quantitative estimate of drug-likeness (QED) is 0.465. The van der Waals surface area contributed by atoms with Crippen molar-refractivity contribution >= 4 is 23.2 Å². The first kappa shape index (κ1) is 18.9. The van der Waals surface area contributed by atoms with Crippen molar-refractivity contribution in [1.82, 2.24) is 0 Å². The van der Waals surface area contributed by atoms with Crippen LogP contribution >= 0.6 is 23.2 Å². The van der Waals surface area contributed by atoms with Gasteiger partial charge in [-0.3, -0.25) is 0 Å². The van der Waals surface area contributed by atoms with E-state index in [2.05, 4.69) is 4.85 Å². The first-order valence-corrected chi connectivity index (χ1v) is 8.17. The number of nitriles is 2. The van der Waals surface area contributed by atoms with Gasteiger partial charge in [-0.25, -0.2) is 4.85 Å². The number of rotatable bonds is 1. The molecule has 1 aromatic carbocycles. The summed E-state index contributed by atoms with van der Waals surface area (Å²) in [4.78, 5) is 3.58. The topological polar surface area (TPSA) is 61.2 Å². The van der Waals surface area contributed by atoms with Crippen molar-refractivity contribution in [2.24, 2.45) is 5.41 Å². The molecule has 4 nitrogen and oxygen atoms in total. The fourth-order valence-electron chi connectivity index (χ4n) is 3.11. The minimum atomic E-state index is -1.04. The predicted octanol–water partition coefficient (Wildman–Crippen LogP) is 5.76. The second-order valence-corrected chi connectivity index (χ2v) is 7.59. The lowest BCUT2D eigenvalue weighted by molar-refractivity contribution is 0.0585. The monoisotopic (exact) mass is 371 g/mol. The highest BCUT2D eigenvalue weighted by molar-refractivity contribution is 6.42. The summed E-state index contributed by atoms with van der Waals surface area (Å²) >= 11 is 12.2. The van der Waals surface area contributed by atoms with Crippen molar-refractivity contribution in [1.29, 1.82) is 10.5 Å². The van der Waals surface area contributed by atoms with Gasteiger partial charge in [0.25, 0.3) is 0 Å². The van der Waals surface area contributed by atoms with Gasteiger partial charge in [0.05, 0.1) is 16.6 Å². The molecular weight excluding hydrogens is 357 g/mol. The molecule has 0 saturated carbocycles. The summed E-state index contributed by atoms with van der Waals surface area (Å²) in [6.07, 6.45) is 0. The van der Waals surface area contributed by atoms with Crippen molar-refractivity contribution in [2.75, 3.05) is 0 Å². The number of ether oxygens (including phenoxy) is 1. The average molecular weight is 372 g/mol. The van der Waals surface area contributed by atoms with E-state index >= 15 is 0 Å². The molecule has 0 bridgehead atoms. The SMILES string of the molecule is [C-]#[N+]C1=C(C(C)(C)C)C(C)(c2ccc(Cl)c(Cl)c2)OC1=C(C#N)C#N. The van der Waals surface area contributed by atoms with Crippen molar-refractivity contribution in [3.63, 3.8) is 0 Å². The normalized spacial score (nSPS) is 19.7. The van der Waals surface area contributed by atoms with Gasteiger partial charge in [-0.1, -0.05) is 50.0 Å². The number of benzene rings is 1. The third-order valence-electron chi connectivity index (χ3n) is 4.02. The van der Waals surface area contributed by atoms with Gasteiger partial charge in [0.15, 0.2) is 11.3 Å². The molecule has 2 rings (SSSR count). The van der Waals surface area contributed by atoms with E-state index in [9.17, 15) is 10.5 Å². The smallest absolute Gasteiger partial charge is 0.234 e. The van der Waals surface area contributed by atoms with Crippen LogP contribution in [0.2, 0.25) is 10.0 Å². The highest BCUT2D eigenvalue weighted by Gasteiger charge is 2.49. The predicted molar refractivity (Wildman–Crippen MR) is 96.2 cm³/mol. The Hall–Kier alpha value is -2.45. The van der Waals surface area contributed by atoms with Crippen LogP contribution in [0, 0.1) is 34.6 Å². The molecule has 0 spiro atoms. The second-order valence-electron chi connectivity index (χ2n) is 6.78. The Labute approximate surface area is 157 Å². The molecule has 25 heavy (non-hydrogen) atoms. The third-order valence-corrected chi connectivity index (χ3v) is 4.76. The molecule has 1 aromatic rings. The van der Waals surface area contributed by atoms with Crippen molar-refractivity contribution < 1.29 is 4.74 Å². The Kier molecular flexibility index (Phi) is 4.87. The lowest BCUT2D eigenvalue weighted by atomic mass is 9.73. The molecule has 0 fully saturated rings. The molecule has 1 unspecified atom stereocenters. The van der Waals surface area contributed by atoms with Crippen LogP contribution in [-0.4, -0.2) is 0 Å². The standard InChI is InChI=1S/C19H15Cl2N3O/c1-18(2,3)17-15(24-5)16(11(9-22)10-23)25-19(17,4)12-6-7-13(20)14(21)8-12/h6-8H,1-4H3. The fourth-order valence-corrected chi connectivity index (χ4v) is 3.41. The van der Waals surface area contributed by atoms with Crippen LogP contribution in [-0.2, 0) is 10.3 Å². The molecule has 0 radical (unpaired) electrons. The number of hydrogen-bond acceptors (Lipinski definition) is 3. The van der Waals surface area contributed by atoms with Gasteiger partial charge < -0.3 is 4.74 Å². The second kappa shape index (κ2) is 6.45. The van der Waals surface area contributed by atoms with E-state index in [0.29, 0.717) is 21.2 Å². The van der Waals surface area contributed by atoms with Crippen LogP contribution in [0.1, 0.15) is 33.3 Å². The van der Waals surface area contributed by atoms with E-state index in [1.165, 1.54) is 0 Å². The summed E-state index contributed by atoms with van der Waals surface area (Å²) in [5.74, 6) is 0.0125. The Morgan fingerprint density at radius 3 is 2.24 bits per heavy atom. The number of nitrogens with zero attached hydrogens (tertiary/aromatic N) is 3. The summed E-state index contributed by atoms with van der Waals surface area (Å²) < 4.78 is 6.06. The molecular formula is C19H15Cl2N3O. The Morgan fingerprint density at radius 2 is 1.80 bits per heavy atom. The molecule has 1 aliphatic rings. The van der Waals surface area contributed by atoms with Crippen molar-refractivity contribution in [3.8, 4) is 12.1 Å². The van der Waals surface area contributed by atoms with E-state index < -0.39 is 11.0 Å². The third kappa shape index (κ3) is 3.10. The molecule has 1 heterocycles. The van der Waals surface area contributed by atoms with Crippen LogP contribution in [0.25, 0.3) is 4.85 Å². The Morgan fingerprint density at radius 1 is 1.20 bits per heavy atom. The fraction of sp³-hybridized carbons (Fsp3) is 0.316. The molecule has 0 N–H and O–H groups in total. The zero-order chi connectivity index (χ0) is 19.0. The largest absolute Gasteiger partial charge is 0.489 e. The lowest BCUT2D eigenvalue weighted by Gasteiger charge is -2.36. The van der Waals surface area contributed by atoms with Gasteiger partial charge in [-0.15, -0.1) is 0 Å². The number of allylic oxidation sites excluding steroid dienone is 1. The Bertz CT molecular complexity index is 917. The van der Waals surface area contributed by atoms with Crippen LogP contribution in [0.4, 0.5) is 0 Å². The molecule has 1 atom stereocenters. The van der Waals surface area contributed by atoms with Gasteiger partial charge in [0, 0.05) is 0 Å². The summed E-state index contributed by atoms with van der Waals surface area (Å²) in [6, 6.07) is 8.72. The molecule has 126 valence electrons. The van der Waals surface area contributed by atoms with E-state index in [4.69, 9.17) is 34.5 Å². The maximum atomic E-state index is 9.24. The summed E-state index contributed by atoms with van der Waals surface area (Å²) in [5.41, 5.74) is -0.139. The van der Waals surface area contributed by atoms with Crippen molar-refractivity contribution in [2.45, 2.75) is 33.3 Å². The highest BCUT2D eigenvalue weighted by Crippen LogP contribution is 2.53. The van der Waals surface area contributed by atoms with Crippen molar-refractivity contribution in [3.05, 3.63) is 67.8 Å². The van der Waals surface area contributed by atoms with Gasteiger partial charge >= 0.3 is 0 Å². The molecule has 1 aliphatic heterocycles. The maximum Gasteiger partial charge on any atom is 0.234 e. The zero-order valence-electron chi connectivity index (χ0n) is 14.2. The highest BCUT2D eigenvalue weighted by atomic mass is 35.5. The van der Waals surface area contributed by atoms with Crippen LogP contribution < -0.4 is 0 Å². The van der Waals surface area contributed by atoms with Gasteiger partial charge in [-0.05, 0) is 35.6 Å². The van der Waals surface area contributed by atoms with Crippen LogP contribution in [0.5, 0.6) is 0 Å². The van der Waals surface area contributed by atoms with Gasteiger partial charge in [-0.2, -0.15) is 10.5 Å². The summed E-state index contributed by atoms with van der Waals surface area (Å²) in [5, 5.41) is 19.2. The summed E-state index contributed by atoms with van der Waals surface area (Å²) in [7, 11) is 0. The van der Waals surface area contributed by atoms with E-state index in [1.54, 1.807) is 25.1 Å². The molecule has 0 saturated heterocycles. The Balaban J connectivity index is 2.88. The lowest BCUT2D eigenvalue weighted by Crippen LogP contribution is -2.31. The number of halogens is 2. The number of hydrogen-bond donors (Lipinski definition) is 0. The van der Waals surface area contributed by atoms with Crippen LogP contribution in [0.15, 0.2) is 40.8 Å². The first-order valence-electron chi connectivity index (χ1n) is 7.42. The minimum Gasteiger partial charge on any atom is -0.489 e. The van der Waals surface area contributed by atoms with Gasteiger partial charge in [0.1, 0.15) is 17.7 Å². The summed E-state index contributed by atoms with van der Waals surface area (Å²) in [6.45, 7) is 15.2. The minimum absolute atomic E-state index is 0.0125. The molecule has 0 aromatic heterocycles. The molecule has 6 heteroatoms. The zero-order valence-corrected chi connectivity index (χ0v) is 15.7.